The molecule has 0 radical (unpaired) electrons. The molecule has 2 heterocycles. The molecule has 2 aliphatic rings. The Morgan fingerprint density at radius 2 is 1.75 bits per heavy atom. The molecule has 4 rings (SSSR count). The second-order valence-electron chi connectivity index (χ2n) is 7.51. The summed E-state index contributed by atoms with van der Waals surface area (Å²) < 4.78 is 5.49. The largest absolute Gasteiger partial charge is 0.495 e. The Morgan fingerprint density at radius 3 is 2.43 bits per heavy atom. The van der Waals surface area contributed by atoms with E-state index in [0.717, 1.165) is 56.3 Å². The Hall–Kier alpha value is -2.76. The molecule has 2 aromatic rings. The maximum Gasteiger partial charge on any atom is 0.253 e. The lowest BCUT2D eigenvalue weighted by molar-refractivity contribution is 0.0937. The van der Waals surface area contributed by atoms with Gasteiger partial charge in [0, 0.05) is 38.4 Å². The van der Waals surface area contributed by atoms with Gasteiger partial charge in [-0.15, -0.1) is 0 Å². The van der Waals surface area contributed by atoms with Gasteiger partial charge in [-0.25, -0.2) is 4.98 Å². The summed E-state index contributed by atoms with van der Waals surface area (Å²) in [7, 11) is 1.71. The van der Waals surface area contributed by atoms with Crippen molar-refractivity contribution >= 4 is 17.4 Å². The molecule has 1 saturated carbocycles. The predicted octanol–water partition coefficient (Wildman–Crippen LogP) is 3.09. The third-order valence-corrected chi connectivity index (χ3v) is 5.73. The summed E-state index contributed by atoms with van der Waals surface area (Å²) in [6, 6.07) is 12.3. The molecule has 148 valence electrons. The van der Waals surface area contributed by atoms with Gasteiger partial charge in [0.05, 0.1) is 18.4 Å². The fourth-order valence-electron chi connectivity index (χ4n) is 4.11. The molecule has 6 heteroatoms. The number of methoxy groups -OCH3 is 1. The summed E-state index contributed by atoms with van der Waals surface area (Å²) in [6.07, 6.45) is 6.31. The van der Waals surface area contributed by atoms with E-state index in [1.165, 1.54) is 12.8 Å². The van der Waals surface area contributed by atoms with Gasteiger partial charge in [-0.1, -0.05) is 25.0 Å². The van der Waals surface area contributed by atoms with E-state index in [9.17, 15) is 4.79 Å². The highest BCUT2D eigenvalue weighted by molar-refractivity contribution is 5.94. The molecule has 0 atom stereocenters. The average Bonchev–Trinajstić information content (AvgIpc) is 3.27. The number of nitrogens with one attached hydrogen (secondary N) is 1. The van der Waals surface area contributed by atoms with Gasteiger partial charge in [0.25, 0.3) is 5.91 Å². The van der Waals surface area contributed by atoms with Crippen molar-refractivity contribution in [3.05, 3.63) is 48.2 Å². The van der Waals surface area contributed by atoms with E-state index in [1.54, 1.807) is 13.3 Å². The van der Waals surface area contributed by atoms with E-state index in [1.807, 2.05) is 30.3 Å². The number of para-hydroxylation sites is 2. The molecule has 0 bridgehead atoms. The number of hydrogen-bond donors (Lipinski definition) is 1. The van der Waals surface area contributed by atoms with Crippen LogP contribution in [0.25, 0.3) is 0 Å². The summed E-state index contributed by atoms with van der Waals surface area (Å²) in [5.74, 6) is 1.83. The van der Waals surface area contributed by atoms with E-state index in [-0.39, 0.29) is 5.91 Å². The van der Waals surface area contributed by atoms with Gasteiger partial charge < -0.3 is 19.9 Å². The number of hydrogen-bond acceptors (Lipinski definition) is 5. The lowest BCUT2D eigenvalue weighted by Gasteiger charge is -2.37. The minimum atomic E-state index is -0.00746. The van der Waals surface area contributed by atoms with E-state index in [0.29, 0.717) is 11.6 Å². The summed E-state index contributed by atoms with van der Waals surface area (Å²) in [5, 5.41) is 3.12. The molecule has 28 heavy (non-hydrogen) atoms. The number of carbonyl (C=O) groups excluding carboxylic acids is 1. The van der Waals surface area contributed by atoms with Crippen LogP contribution < -0.4 is 19.9 Å². The highest BCUT2D eigenvalue weighted by Crippen LogP contribution is 2.29. The first kappa shape index (κ1) is 18.6. The van der Waals surface area contributed by atoms with Crippen LogP contribution >= 0.6 is 0 Å². The number of pyridine rings is 1. The third kappa shape index (κ3) is 4.06. The lowest BCUT2D eigenvalue weighted by Crippen LogP contribution is -2.47. The fourth-order valence-corrected chi connectivity index (χ4v) is 4.11. The SMILES string of the molecule is COc1ccccc1N1CCN(c2ccc(C(=O)NC3CCCC3)cn2)CC1. The van der Waals surface area contributed by atoms with Crippen LogP contribution in [0, 0.1) is 0 Å². The normalized spacial score (nSPS) is 17.6. The molecular formula is C22H28N4O2. The van der Waals surface area contributed by atoms with Crippen LogP contribution in [0.3, 0.4) is 0 Å². The molecule has 0 spiro atoms. The maximum absolute atomic E-state index is 12.4. The second kappa shape index (κ2) is 8.50. The number of aromatic nitrogens is 1. The quantitative estimate of drug-likeness (QED) is 0.864. The van der Waals surface area contributed by atoms with E-state index >= 15 is 0 Å². The van der Waals surface area contributed by atoms with Crippen molar-refractivity contribution in [3.63, 3.8) is 0 Å². The van der Waals surface area contributed by atoms with Gasteiger partial charge in [-0.05, 0) is 37.1 Å². The van der Waals surface area contributed by atoms with Crippen molar-refractivity contribution in [1.82, 2.24) is 10.3 Å². The lowest BCUT2D eigenvalue weighted by atomic mass is 10.2. The molecule has 1 amide bonds. The van der Waals surface area contributed by atoms with Gasteiger partial charge in [0.2, 0.25) is 0 Å². The van der Waals surface area contributed by atoms with Crippen molar-refractivity contribution in [2.24, 2.45) is 0 Å². The van der Waals surface area contributed by atoms with Crippen molar-refractivity contribution in [2.45, 2.75) is 31.7 Å². The third-order valence-electron chi connectivity index (χ3n) is 5.73. The Labute approximate surface area is 166 Å². The monoisotopic (exact) mass is 380 g/mol. The van der Waals surface area contributed by atoms with Gasteiger partial charge in [-0.3, -0.25) is 4.79 Å². The first-order valence-corrected chi connectivity index (χ1v) is 10.1. The fraction of sp³-hybridized carbons (Fsp3) is 0.455. The first-order chi connectivity index (χ1) is 13.7. The molecule has 1 aliphatic heterocycles. The molecule has 6 nitrogen and oxygen atoms in total. The zero-order chi connectivity index (χ0) is 19.3. The molecular weight excluding hydrogens is 352 g/mol. The molecule has 1 aromatic carbocycles. The topological polar surface area (TPSA) is 57.7 Å². The van der Waals surface area contributed by atoms with Crippen LogP contribution in [-0.4, -0.2) is 50.2 Å². The average molecular weight is 380 g/mol. The number of carbonyl (C=O) groups is 1. The smallest absolute Gasteiger partial charge is 0.253 e. The van der Waals surface area contributed by atoms with Crippen molar-refractivity contribution < 1.29 is 9.53 Å². The zero-order valence-corrected chi connectivity index (χ0v) is 16.4. The number of anilines is 2. The minimum Gasteiger partial charge on any atom is -0.495 e. The highest BCUT2D eigenvalue weighted by Gasteiger charge is 2.21. The van der Waals surface area contributed by atoms with Crippen LogP contribution in [0.1, 0.15) is 36.0 Å². The Morgan fingerprint density at radius 1 is 1.04 bits per heavy atom. The molecule has 1 aromatic heterocycles. The van der Waals surface area contributed by atoms with Gasteiger partial charge in [0.1, 0.15) is 11.6 Å². The summed E-state index contributed by atoms with van der Waals surface area (Å²) in [5.41, 5.74) is 1.78. The molecule has 1 saturated heterocycles. The molecule has 1 N–H and O–H groups in total. The maximum atomic E-state index is 12.4. The first-order valence-electron chi connectivity index (χ1n) is 10.1. The zero-order valence-electron chi connectivity index (χ0n) is 16.4. The van der Waals surface area contributed by atoms with Crippen LogP contribution in [0.2, 0.25) is 0 Å². The van der Waals surface area contributed by atoms with Gasteiger partial charge in [-0.2, -0.15) is 0 Å². The number of nitrogens with zero attached hydrogens (tertiary/aromatic N) is 3. The Balaban J connectivity index is 1.35. The van der Waals surface area contributed by atoms with Crippen molar-refractivity contribution in [3.8, 4) is 5.75 Å². The van der Waals surface area contributed by atoms with Gasteiger partial charge in [0.15, 0.2) is 0 Å². The summed E-state index contributed by atoms with van der Waals surface area (Å²) >= 11 is 0. The van der Waals surface area contributed by atoms with Crippen LogP contribution in [-0.2, 0) is 0 Å². The van der Waals surface area contributed by atoms with E-state index < -0.39 is 0 Å². The number of rotatable bonds is 5. The van der Waals surface area contributed by atoms with E-state index in [4.69, 9.17) is 4.74 Å². The summed E-state index contributed by atoms with van der Waals surface area (Å²) in [4.78, 5) is 21.5. The Bertz CT molecular complexity index is 794. The second-order valence-corrected chi connectivity index (χ2v) is 7.51. The van der Waals surface area contributed by atoms with Crippen molar-refractivity contribution in [2.75, 3.05) is 43.1 Å². The Kier molecular flexibility index (Phi) is 5.65. The molecule has 1 aliphatic carbocycles. The molecule has 0 unspecified atom stereocenters. The summed E-state index contributed by atoms with van der Waals surface area (Å²) in [6.45, 7) is 3.59. The molecule has 2 fully saturated rings. The predicted molar refractivity (Wildman–Crippen MR) is 111 cm³/mol. The minimum absolute atomic E-state index is 0.00746. The van der Waals surface area contributed by atoms with Crippen LogP contribution in [0.15, 0.2) is 42.6 Å². The van der Waals surface area contributed by atoms with Crippen molar-refractivity contribution in [1.29, 1.82) is 0 Å². The number of ether oxygens (including phenoxy) is 1. The van der Waals surface area contributed by atoms with Crippen LogP contribution in [0.4, 0.5) is 11.5 Å². The number of benzene rings is 1. The standard InChI is InChI=1S/C22H28N4O2/c1-28-20-9-5-4-8-19(20)25-12-14-26(15-13-25)21-11-10-17(16-23-21)22(27)24-18-6-2-3-7-18/h4-5,8-11,16,18H,2-3,6-7,12-15H2,1H3,(H,24,27). The van der Waals surface area contributed by atoms with E-state index in [2.05, 4.69) is 26.2 Å². The van der Waals surface area contributed by atoms with Gasteiger partial charge >= 0.3 is 0 Å². The van der Waals surface area contributed by atoms with Crippen LogP contribution in [0.5, 0.6) is 5.75 Å². The number of piperazine rings is 1. The number of amides is 1. The highest BCUT2D eigenvalue weighted by atomic mass is 16.5.